The molecule has 0 atom stereocenters. The molecule has 0 saturated carbocycles. The van der Waals surface area contributed by atoms with Gasteiger partial charge >= 0.3 is 0 Å². The molecule has 0 fully saturated rings. The molecule has 1 aromatic carbocycles. The van der Waals surface area contributed by atoms with Gasteiger partial charge in [-0.2, -0.15) is 0 Å². The van der Waals surface area contributed by atoms with Crippen molar-refractivity contribution in [1.82, 2.24) is 10.6 Å². The molecule has 0 saturated heterocycles. The molecule has 0 aromatic heterocycles. The Bertz CT molecular complexity index is 455. The number of carbonyl (C=O) groups excluding carboxylic acids is 1. The number of anilines is 1. The van der Waals surface area contributed by atoms with Crippen LogP contribution in [-0.2, 0) is 16.1 Å². The summed E-state index contributed by atoms with van der Waals surface area (Å²) in [4.78, 5) is 13.8. The highest BCUT2D eigenvalue weighted by Crippen LogP contribution is 2.24. The Morgan fingerprint density at radius 1 is 1.43 bits per heavy atom. The molecular weight excluding hydrogens is 290 g/mol. The zero-order chi connectivity index (χ0) is 15.7. The van der Waals surface area contributed by atoms with E-state index >= 15 is 0 Å². The van der Waals surface area contributed by atoms with Crippen LogP contribution >= 0.6 is 11.6 Å². The van der Waals surface area contributed by atoms with Crippen molar-refractivity contribution in [3.05, 3.63) is 28.8 Å². The Hall–Kier alpha value is -1.30. The maximum atomic E-state index is 11.9. The van der Waals surface area contributed by atoms with Crippen molar-refractivity contribution in [1.29, 1.82) is 0 Å². The summed E-state index contributed by atoms with van der Waals surface area (Å²) in [5.74, 6) is -0.0380. The van der Waals surface area contributed by atoms with Crippen LogP contribution in [0.5, 0.6) is 0 Å². The fourth-order valence-corrected chi connectivity index (χ4v) is 2.12. The first-order valence-corrected chi connectivity index (χ1v) is 7.42. The lowest BCUT2D eigenvalue weighted by molar-refractivity contribution is -0.119. The highest BCUT2D eigenvalue weighted by molar-refractivity contribution is 6.30. The molecule has 0 aliphatic heterocycles. The summed E-state index contributed by atoms with van der Waals surface area (Å²) in [5.41, 5.74) is 2.08. The van der Waals surface area contributed by atoms with Crippen LogP contribution in [0.4, 0.5) is 5.69 Å². The number of likely N-dealkylation sites (N-methyl/N-ethyl adjacent to an activating group) is 1. The van der Waals surface area contributed by atoms with Gasteiger partial charge in [-0.3, -0.25) is 4.79 Å². The van der Waals surface area contributed by atoms with E-state index in [4.69, 9.17) is 16.3 Å². The normalized spacial score (nSPS) is 10.5. The molecular formula is C15H24ClN3O2. The van der Waals surface area contributed by atoms with Gasteiger partial charge in [-0.1, -0.05) is 24.6 Å². The van der Waals surface area contributed by atoms with E-state index in [9.17, 15) is 4.79 Å². The number of nitrogens with one attached hydrogen (secondary N) is 2. The Morgan fingerprint density at radius 2 is 2.19 bits per heavy atom. The summed E-state index contributed by atoms with van der Waals surface area (Å²) in [7, 11) is 3.49. The van der Waals surface area contributed by atoms with E-state index in [0.29, 0.717) is 18.2 Å². The second-order valence-electron chi connectivity index (χ2n) is 4.75. The Kier molecular flexibility index (Phi) is 8.12. The van der Waals surface area contributed by atoms with E-state index in [0.717, 1.165) is 24.3 Å². The van der Waals surface area contributed by atoms with Crippen molar-refractivity contribution in [2.75, 3.05) is 45.3 Å². The molecule has 0 radical (unpaired) electrons. The molecule has 118 valence electrons. The highest BCUT2D eigenvalue weighted by atomic mass is 35.5. The molecule has 6 heteroatoms. The van der Waals surface area contributed by atoms with Crippen molar-refractivity contribution in [2.24, 2.45) is 0 Å². The zero-order valence-corrected chi connectivity index (χ0v) is 13.7. The molecule has 0 bridgehead atoms. The number of hydrogen-bond donors (Lipinski definition) is 2. The minimum Gasteiger partial charge on any atom is -0.383 e. The number of nitrogens with zero attached hydrogens (tertiary/aromatic N) is 1. The first-order valence-electron chi connectivity index (χ1n) is 7.04. The van der Waals surface area contributed by atoms with Crippen LogP contribution in [0.2, 0.25) is 5.02 Å². The number of rotatable bonds is 9. The lowest BCUT2D eigenvalue weighted by atomic mass is 10.1. The number of hydrogen-bond acceptors (Lipinski definition) is 4. The third-order valence-electron chi connectivity index (χ3n) is 3.03. The van der Waals surface area contributed by atoms with Crippen molar-refractivity contribution >= 4 is 23.2 Å². The van der Waals surface area contributed by atoms with Crippen molar-refractivity contribution in [3.8, 4) is 0 Å². The van der Waals surface area contributed by atoms with Gasteiger partial charge in [0.05, 0.1) is 13.2 Å². The van der Waals surface area contributed by atoms with Gasteiger partial charge in [0.15, 0.2) is 0 Å². The average Bonchev–Trinajstić information content (AvgIpc) is 2.46. The Morgan fingerprint density at radius 3 is 2.86 bits per heavy atom. The second-order valence-corrected chi connectivity index (χ2v) is 5.19. The molecule has 5 nitrogen and oxygen atoms in total. The lowest BCUT2D eigenvalue weighted by Crippen LogP contribution is -2.37. The standard InChI is InChI=1S/C15H24ClN3O2/c1-4-17-10-12-5-6-13(16)9-14(12)19(2)11-15(20)18-7-8-21-3/h5-6,9,17H,4,7-8,10-11H2,1-3H3,(H,18,20). The number of halogens is 1. The van der Waals surface area contributed by atoms with Crippen molar-refractivity contribution < 1.29 is 9.53 Å². The molecule has 0 heterocycles. The van der Waals surface area contributed by atoms with Gasteiger partial charge in [-0.15, -0.1) is 0 Å². The van der Waals surface area contributed by atoms with Gasteiger partial charge in [0.25, 0.3) is 0 Å². The Balaban J connectivity index is 2.68. The first kappa shape index (κ1) is 17.8. The van der Waals surface area contributed by atoms with Crippen LogP contribution in [-0.4, -0.2) is 46.3 Å². The monoisotopic (exact) mass is 313 g/mol. The third kappa shape index (κ3) is 6.33. The molecule has 0 aliphatic rings. The predicted molar refractivity (Wildman–Crippen MR) is 87.0 cm³/mol. The number of amides is 1. The van der Waals surface area contributed by atoms with E-state index in [-0.39, 0.29) is 12.5 Å². The van der Waals surface area contributed by atoms with Crippen LogP contribution in [0.3, 0.4) is 0 Å². The van der Waals surface area contributed by atoms with Gasteiger partial charge in [0.1, 0.15) is 0 Å². The highest BCUT2D eigenvalue weighted by Gasteiger charge is 2.11. The van der Waals surface area contributed by atoms with Crippen molar-refractivity contribution in [3.63, 3.8) is 0 Å². The van der Waals surface area contributed by atoms with Crippen LogP contribution in [0.25, 0.3) is 0 Å². The SMILES string of the molecule is CCNCc1ccc(Cl)cc1N(C)CC(=O)NCCOC. The van der Waals surface area contributed by atoms with Crippen LogP contribution < -0.4 is 15.5 Å². The number of methoxy groups -OCH3 is 1. The van der Waals surface area contributed by atoms with E-state index in [1.807, 2.05) is 30.1 Å². The Labute approximate surface area is 131 Å². The number of carbonyl (C=O) groups is 1. The summed E-state index contributed by atoms with van der Waals surface area (Å²) in [5, 5.41) is 6.76. The smallest absolute Gasteiger partial charge is 0.239 e. The van der Waals surface area contributed by atoms with Crippen LogP contribution in [0, 0.1) is 0 Å². The average molecular weight is 314 g/mol. The van der Waals surface area contributed by atoms with E-state index in [1.165, 1.54) is 0 Å². The van der Waals surface area contributed by atoms with Crippen molar-refractivity contribution in [2.45, 2.75) is 13.5 Å². The fraction of sp³-hybridized carbons (Fsp3) is 0.533. The quantitative estimate of drug-likeness (QED) is 0.681. The van der Waals surface area contributed by atoms with Gasteiger partial charge in [0.2, 0.25) is 5.91 Å². The molecule has 1 aromatic rings. The maximum absolute atomic E-state index is 11.9. The summed E-state index contributed by atoms with van der Waals surface area (Å²) in [6.07, 6.45) is 0. The second kappa shape index (κ2) is 9.60. The van der Waals surface area contributed by atoms with Gasteiger partial charge in [-0.05, 0) is 24.2 Å². The van der Waals surface area contributed by atoms with E-state index < -0.39 is 0 Å². The fourth-order valence-electron chi connectivity index (χ4n) is 1.95. The molecule has 21 heavy (non-hydrogen) atoms. The lowest BCUT2D eigenvalue weighted by Gasteiger charge is -2.22. The summed E-state index contributed by atoms with van der Waals surface area (Å²) in [6, 6.07) is 5.74. The van der Waals surface area contributed by atoms with Gasteiger partial charge in [0, 0.05) is 38.0 Å². The zero-order valence-electron chi connectivity index (χ0n) is 12.9. The van der Waals surface area contributed by atoms with Crippen LogP contribution in [0.1, 0.15) is 12.5 Å². The first-order chi connectivity index (χ1) is 10.1. The largest absolute Gasteiger partial charge is 0.383 e. The topological polar surface area (TPSA) is 53.6 Å². The molecule has 0 spiro atoms. The predicted octanol–water partition coefficient (Wildman–Crippen LogP) is 1.65. The summed E-state index contributed by atoms with van der Waals surface area (Å²) in [6.45, 7) is 5.01. The van der Waals surface area contributed by atoms with Gasteiger partial charge in [-0.25, -0.2) is 0 Å². The summed E-state index contributed by atoms with van der Waals surface area (Å²) >= 11 is 6.07. The molecule has 2 N–H and O–H groups in total. The van der Waals surface area contributed by atoms with E-state index in [1.54, 1.807) is 7.11 Å². The third-order valence-corrected chi connectivity index (χ3v) is 3.27. The minimum absolute atomic E-state index is 0.0380. The molecule has 1 rings (SSSR count). The maximum Gasteiger partial charge on any atom is 0.239 e. The molecule has 1 amide bonds. The molecule has 0 unspecified atom stereocenters. The number of ether oxygens (including phenoxy) is 1. The number of benzene rings is 1. The summed E-state index contributed by atoms with van der Waals surface area (Å²) < 4.78 is 4.91. The van der Waals surface area contributed by atoms with Crippen LogP contribution in [0.15, 0.2) is 18.2 Å². The minimum atomic E-state index is -0.0380. The van der Waals surface area contributed by atoms with Gasteiger partial charge < -0.3 is 20.3 Å². The van der Waals surface area contributed by atoms with E-state index in [2.05, 4.69) is 17.6 Å². The molecule has 0 aliphatic carbocycles.